The molecule has 0 spiro atoms. The highest BCUT2D eigenvalue weighted by Crippen LogP contribution is 2.29. The van der Waals surface area contributed by atoms with Gasteiger partial charge in [-0.05, 0) is 108 Å². The van der Waals surface area contributed by atoms with Crippen molar-refractivity contribution in [2.45, 2.75) is 70.9 Å². The zero-order valence-electron chi connectivity index (χ0n) is 30.7. The van der Waals surface area contributed by atoms with Crippen LogP contribution in [0.15, 0.2) is 65.6 Å². The second-order valence-corrected chi connectivity index (χ2v) is 14.8. The van der Waals surface area contributed by atoms with Crippen molar-refractivity contribution in [1.82, 2.24) is 30.5 Å². The van der Waals surface area contributed by atoms with E-state index in [1.807, 2.05) is 71.3 Å². The molecule has 1 saturated carbocycles. The van der Waals surface area contributed by atoms with Gasteiger partial charge in [-0.1, -0.05) is 24.3 Å². The summed E-state index contributed by atoms with van der Waals surface area (Å²) >= 11 is 0. The topological polar surface area (TPSA) is 171 Å². The molecule has 278 valence electrons. The molecule has 0 radical (unpaired) electrons. The molecular weight excluding hydrogens is 662 g/mol. The Morgan fingerprint density at radius 3 is 2.44 bits per heavy atom. The summed E-state index contributed by atoms with van der Waals surface area (Å²) in [5.74, 6) is 0.00410. The van der Waals surface area contributed by atoms with Gasteiger partial charge in [0, 0.05) is 48.9 Å². The number of aromatic nitrogens is 3. The van der Waals surface area contributed by atoms with Gasteiger partial charge >= 0.3 is 11.8 Å². The van der Waals surface area contributed by atoms with Crippen LogP contribution < -0.4 is 26.4 Å². The van der Waals surface area contributed by atoms with Crippen LogP contribution in [-0.4, -0.2) is 83.2 Å². The number of alkyl carbamates (subject to hydrolysis) is 1. The molecule has 0 bridgehead atoms. The Labute approximate surface area is 304 Å². The second-order valence-electron chi connectivity index (χ2n) is 14.8. The molecule has 3 amide bonds. The number of aromatic amines is 2. The van der Waals surface area contributed by atoms with Crippen molar-refractivity contribution >= 4 is 34.6 Å². The van der Waals surface area contributed by atoms with Crippen molar-refractivity contribution in [2.75, 3.05) is 39.1 Å². The highest BCUT2D eigenvalue weighted by atomic mass is 16.6. The quantitative estimate of drug-likeness (QED) is 0.110. The zero-order chi connectivity index (χ0) is 37.3. The number of anilines is 1. The molecular formula is C39H51N7O6. The summed E-state index contributed by atoms with van der Waals surface area (Å²) in [6.07, 6.45) is 5.33. The van der Waals surface area contributed by atoms with E-state index >= 15 is 0 Å². The van der Waals surface area contributed by atoms with Gasteiger partial charge in [0.2, 0.25) is 17.7 Å². The van der Waals surface area contributed by atoms with E-state index in [1.54, 1.807) is 24.4 Å². The van der Waals surface area contributed by atoms with Crippen LogP contribution in [0, 0.1) is 11.8 Å². The minimum absolute atomic E-state index is 0.175. The van der Waals surface area contributed by atoms with Crippen molar-refractivity contribution in [3.63, 3.8) is 0 Å². The summed E-state index contributed by atoms with van der Waals surface area (Å²) in [5.41, 5.74) is 3.47. The molecule has 5 N–H and O–H groups in total. The lowest BCUT2D eigenvalue weighted by Crippen LogP contribution is -2.48. The second kappa shape index (κ2) is 17.4. The number of benzene rings is 2. The average molecular weight is 714 g/mol. The van der Waals surface area contributed by atoms with Crippen molar-refractivity contribution < 1.29 is 23.9 Å². The van der Waals surface area contributed by atoms with Crippen LogP contribution in [0.1, 0.15) is 58.4 Å². The van der Waals surface area contributed by atoms with Gasteiger partial charge in [0.25, 0.3) is 0 Å². The van der Waals surface area contributed by atoms with E-state index in [0.29, 0.717) is 48.6 Å². The Morgan fingerprint density at radius 1 is 0.962 bits per heavy atom. The molecule has 1 atom stereocenters. The number of hydrogen-bond donors (Lipinski definition) is 5. The Balaban J connectivity index is 1.25. The molecule has 52 heavy (non-hydrogen) atoms. The Morgan fingerprint density at radius 2 is 1.73 bits per heavy atom. The lowest BCUT2D eigenvalue weighted by Gasteiger charge is -2.29. The van der Waals surface area contributed by atoms with Crippen LogP contribution >= 0.6 is 0 Å². The summed E-state index contributed by atoms with van der Waals surface area (Å²) in [6, 6.07) is 15.9. The molecule has 2 aromatic carbocycles. The molecule has 1 aliphatic rings. The number of H-pyrrole nitrogens is 2. The van der Waals surface area contributed by atoms with Gasteiger partial charge in [0.15, 0.2) is 0 Å². The van der Waals surface area contributed by atoms with E-state index in [2.05, 4.69) is 35.8 Å². The minimum atomic E-state index is -0.869. The van der Waals surface area contributed by atoms with Gasteiger partial charge in [0.1, 0.15) is 11.6 Å². The molecule has 5 rings (SSSR count). The first-order valence-corrected chi connectivity index (χ1v) is 17.9. The first-order chi connectivity index (χ1) is 24.8. The molecule has 0 aliphatic heterocycles. The number of imidazole rings is 1. The Bertz CT molecular complexity index is 1870. The van der Waals surface area contributed by atoms with Gasteiger partial charge in [-0.15, -0.1) is 0 Å². The molecule has 2 aromatic heterocycles. The predicted molar refractivity (Wildman–Crippen MR) is 201 cm³/mol. The van der Waals surface area contributed by atoms with Crippen molar-refractivity contribution in [1.29, 1.82) is 0 Å². The molecule has 1 fully saturated rings. The summed E-state index contributed by atoms with van der Waals surface area (Å²) < 4.78 is 11.1. The molecule has 0 unspecified atom stereocenters. The smallest absolute Gasteiger partial charge is 0.407 e. The fourth-order valence-electron chi connectivity index (χ4n) is 6.32. The zero-order valence-corrected chi connectivity index (χ0v) is 30.7. The first kappa shape index (κ1) is 38.1. The molecule has 2 heterocycles. The highest BCUT2D eigenvalue weighted by Gasteiger charge is 2.30. The third-order valence-electron chi connectivity index (χ3n) is 9.00. The summed E-state index contributed by atoms with van der Waals surface area (Å²) in [4.78, 5) is 63.4. The van der Waals surface area contributed by atoms with E-state index in [0.717, 1.165) is 42.5 Å². The number of ether oxygens (including phenoxy) is 2. The first-order valence-electron chi connectivity index (χ1n) is 17.9. The van der Waals surface area contributed by atoms with E-state index in [1.165, 1.54) is 0 Å². The highest BCUT2D eigenvalue weighted by molar-refractivity contribution is 5.98. The monoisotopic (exact) mass is 713 g/mol. The van der Waals surface area contributed by atoms with Crippen molar-refractivity contribution in [3.05, 3.63) is 76.8 Å². The van der Waals surface area contributed by atoms with Gasteiger partial charge < -0.3 is 40.3 Å². The molecule has 4 aromatic rings. The number of nitrogens with one attached hydrogen (secondary N) is 5. The largest absolute Gasteiger partial charge is 0.478 e. The lowest BCUT2D eigenvalue weighted by atomic mass is 9.81. The minimum Gasteiger partial charge on any atom is -0.478 e. The molecule has 1 aliphatic carbocycles. The van der Waals surface area contributed by atoms with Crippen LogP contribution in [0.2, 0.25) is 0 Å². The average Bonchev–Trinajstić information content (AvgIpc) is 3.48. The number of rotatable bonds is 14. The number of pyridine rings is 1. The number of fused-ring (bicyclic) bond motifs is 1. The number of carbonyl (C=O) groups is 3. The maximum atomic E-state index is 13.8. The van der Waals surface area contributed by atoms with Gasteiger partial charge in [-0.25, -0.2) is 14.6 Å². The van der Waals surface area contributed by atoms with Gasteiger partial charge in [-0.2, -0.15) is 0 Å². The van der Waals surface area contributed by atoms with Crippen LogP contribution in [0.25, 0.3) is 22.2 Å². The number of amides is 3. The SMILES string of the molecule is CN(C)CCCOc1ccc(-c2cccc(C[C@H](NC(=O)C3CCC(CNC(=O)OC(C)(C)C)CC3)C(=O)Nc3ccc4[nH]c(=O)[nH]c4c3)c2)cn1. The van der Waals surface area contributed by atoms with Gasteiger partial charge in [-0.3, -0.25) is 9.59 Å². The molecule has 13 heteroatoms. The van der Waals surface area contributed by atoms with Crippen LogP contribution in [0.5, 0.6) is 5.88 Å². The van der Waals surface area contributed by atoms with Crippen molar-refractivity contribution in [2.24, 2.45) is 11.8 Å². The molecule has 13 nitrogen and oxygen atoms in total. The predicted octanol–water partition coefficient (Wildman–Crippen LogP) is 5.25. The fraction of sp³-hybridized carbons (Fsp3) is 0.462. The van der Waals surface area contributed by atoms with Crippen LogP contribution in [-0.2, 0) is 20.7 Å². The van der Waals surface area contributed by atoms with E-state index in [4.69, 9.17) is 9.47 Å². The standard InChI is InChI=1S/C39H51N7O6/c1-39(2,3)52-38(50)41-23-25-10-12-27(13-11-25)35(47)43-33(36(48)42-30-15-16-31-32(22-30)45-37(49)44-31)21-26-8-6-9-28(20-26)29-14-17-34(40-24-29)51-19-7-18-46(4)5/h6,8-9,14-17,20,22,24-25,27,33H,7,10-13,18-19,21,23H2,1-5H3,(H,41,50)(H,42,48)(H,43,47)(H2,44,45,49)/t25?,27?,33-/m0/s1. The lowest BCUT2D eigenvalue weighted by molar-refractivity contribution is -0.130. The summed E-state index contributed by atoms with van der Waals surface area (Å²) in [7, 11) is 4.06. The van der Waals surface area contributed by atoms with E-state index < -0.39 is 17.7 Å². The van der Waals surface area contributed by atoms with Crippen LogP contribution in [0.3, 0.4) is 0 Å². The maximum absolute atomic E-state index is 13.8. The Kier molecular flexibility index (Phi) is 12.7. The summed E-state index contributed by atoms with van der Waals surface area (Å²) in [6.45, 7) is 7.48. The summed E-state index contributed by atoms with van der Waals surface area (Å²) in [5, 5.41) is 8.83. The normalized spacial score (nSPS) is 16.7. The Hall–Kier alpha value is -5.17. The number of hydrogen-bond acceptors (Lipinski definition) is 8. The van der Waals surface area contributed by atoms with Crippen LogP contribution in [0.4, 0.5) is 10.5 Å². The number of carbonyl (C=O) groups excluding carboxylic acids is 3. The maximum Gasteiger partial charge on any atom is 0.407 e. The molecule has 0 saturated heterocycles. The van der Waals surface area contributed by atoms with Gasteiger partial charge in [0.05, 0.1) is 17.6 Å². The number of nitrogens with zero attached hydrogens (tertiary/aromatic N) is 2. The third-order valence-corrected chi connectivity index (χ3v) is 9.00. The third kappa shape index (κ3) is 11.4. The fourth-order valence-corrected chi connectivity index (χ4v) is 6.32. The van der Waals surface area contributed by atoms with E-state index in [-0.39, 0.29) is 35.8 Å². The van der Waals surface area contributed by atoms with E-state index in [9.17, 15) is 19.2 Å². The van der Waals surface area contributed by atoms with Crippen molar-refractivity contribution in [3.8, 4) is 17.0 Å².